The summed E-state index contributed by atoms with van der Waals surface area (Å²) >= 11 is 0. The van der Waals surface area contributed by atoms with Crippen LogP contribution in [0.2, 0.25) is 0 Å². The van der Waals surface area contributed by atoms with Crippen molar-refractivity contribution in [2.75, 3.05) is 4.90 Å². The van der Waals surface area contributed by atoms with E-state index in [0.717, 1.165) is 22.7 Å². The van der Waals surface area contributed by atoms with Crippen LogP contribution in [0, 0.1) is 0 Å². The lowest BCUT2D eigenvalue weighted by molar-refractivity contribution is 1.18. The van der Waals surface area contributed by atoms with Gasteiger partial charge in [-0.05, 0) is 95.4 Å². The van der Waals surface area contributed by atoms with Gasteiger partial charge in [0.1, 0.15) is 0 Å². The molecule has 3 heteroatoms. The van der Waals surface area contributed by atoms with Crippen molar-refractivity contribution in [3.05, 3.63) is 212 Å². The van der Waals surface area contributed by atoms with E-state index in [1.165, 1.54) is 71.2 Å². The van der Waals surface area contributed by atoms with E-state index >= 15 is 0 Å². The third kappa shape index (κ3) is 5.05. The molecule has 0 N–H and O–H groups in total. The summed E-state index contributed by atoms with van der Waals surface area (Å²) in [6.07, 6.45) is 0. The summed E-state index contributed by atoms with van der Waals surface area (Å²) < 4.78 is 4.81. The molecular formula is C52H35N3. The van der Waals surface area contributed by atoms with Crippen molar-refractivity contribution >= 4 is 71.4 Å². The largest absolute Gasteiger partial charge is 0.310 e. The predicted molar refractivity (Wildman–Crippen MR) is 233 cm³/mol. The minimum atomic E-state index is 1.10. The van der Waals surface area contributed by atoms with E-state index in [9.17, 15) is 0 Å². The first kappa shape index (κ1) is 31.2. The normalized spacial score (nSPS) is 11.6. The molecule has 0 spiro atoms. The molecule has 0 aliphatic heterocycles. The average Bonchev–Trinajstić information content (AvgIpc) is 3.77. The van der Waals surface area contributed by atoms with Crippen LogP contribution in [0.1, 0.15) is 0 Å². The standard InChI is InChI=1S/C52H35N3/c1-3-16-39(17-4-1)53(42-31-32-46-44-21-9-11-23-49(44)54(52(46)35-42)40-18-5-2-6-19-40)41-29-26-36(27-30-41)38-28-33-51-47(34-38)45-22-10-12-24-50(45)55(51)48-25-13-15-37-14-7-8-20-43(37)48/h1-35H. The Morgan fingerprint density at radius 2 is 0.836 bits per heavy atom. The molecule has 9 aromatic carbocycles. The molecule has 0 atom stereocenters. The van der Waals surface area contributed by atoms with Gasteiger partial charge < -0.3 is 14.0 Å². The summed E-state index contributed by atoms with van der Waals surface area (Å²) in [5, 5.41) is 7.48. The fourth-order valence-corrected chi connectivity index (χ4v) is 8.60. The first-order chi connectivity index (χ1) is 27.3. The van der Waals surface area contributed by atoms with Crippen molar-refractivity contribution in [2.24, 2.45) is 0 Å². The van der Waals surface area contributed by atoms with E-state index in [1.807, 2.05) is 0 Å². The Balaban J connectivity index is 1.03. The second kappa shape index (κ2) is 12.6. The molecule has 0 amide bonds. The molecule has 0 unspecified atom stereocenters. The first-order valence-electron chi connectivity index (χ1n) is 18.9. The van der Waals surface area contributed by atoms with E-state index in [-0.39, 0.29) is 0 Å². The second-order valence-electron chi connectivity index (χ2n) is 14.2. The van der Waals surface area contributed by atoms with Gasteiger partial charge in [0.25, 0.3) is 0 Å². The molecule has 2 heterocycles. The summed E-state index contributed by atoms with van der Waals surface area (Å²) in [4.78, 5) is 2.36. The van der Waals surface area contributed by atoms with Crippen LogP contribution >= 0.6 is 0 Å². The molecule has 11 aromatic rings. The summed E-state index contributed by atoms with van der Waals surface area (Å²) in [5.41, 5.74) is 12.8. The van der Waals surface area contributed by atoms with Crippen LogP contribution in [0.4, 0.5) is 17.1 Å². The highest BCUT2D eigenvalue weighted by Crippen LogP contribution is 2.41. The van der Waals surface area contributed by atoms with Gasteiger partial charge in [0.15, 0.2) is 0 Å². The lowest BCUT2D eigenvalue weighted by Gasteiger charge is -2.26. The molecule has 0 aliphatic carbocycles. The maximum atomic E-state index is 2.42. The van der Waals surface area contributed by atoms with Crippen molar-refractivity contribution in [1.82, 2.24) is 9.13 Å². The minimum Gasteiger partial charge on any atom is -0.310 e. The number of benzene rings is 9. The first-order valence-corrected chi connectivity index (χ1v) is 18.9. The van der Waals surface area contributed by atoms with E-state index in [0.29, 0.717) is 0 Å². The van der Waals surface area contributed by atoms with Gasteiger partial charge in [0, 0.05) is 49.7 Å². The lowest BCUT2D eigenvalue weighted by Crippen LogP contribution is -2.10. The zero-order valence-electron chi connectivity index (χ0n) is 30.0. The van der Waals surface area contributed by atoms with Gasteiger partial charge in [0.2, 0.25) is 0 Å². The van der Waals surface area contributed by atoms with Crippen molar-refractivity contribution < 1.29 is 0 Å². The van der Waals surface area contributed by atoms with Gasteiger partial charge in [0.05, 0.1) is 27.8 Å². The molecular weight excluding hydrogens is 667 g/mol. The molecule has 0 bridgehead atoms. The Kier molecular flexibility index (Phi) is 7.17. The number of nitrogens with zero attached hydrogens (tertiary/aromatic N) is 3. The fourth-order valence-electron chi connectivity index (χ4n) is 8.60. The molecule has 258 valence electrons. The van der Waals surface area contributed by atoms with Gasteiger partial charge in [-0.2, -0.15) is 0 Å². The Labute approximate surface area is 319 Å². The van der Waals surface area contributed by atoms with E-state index < -0.39 is 0 Å². The van der Waals surface area contributed by atoms with Crippen LogP contribution in [0.25, 0.3) is 76.9 Å². The summed E-state index contributed by atoms with van der Waals surface area (Å²) in [5.74, 6) is 0. The second-order valence-corrected chi connectivity index (χ2v) is 14.2. The van der Waals surface area contributed by atoms with Crippen molar-refractivity contribution in [3.63, 3.8) is 0 Å². The van der Waals surface area contributed by atoms with Gasteiger partial charge in [-0.3, -0.25) is 0 Å². The third-order valence-corrected chi connectivity index (χ3v) is 11.1. The molecule has 11 rings (SSSR count). The maximum absolute atomic E-state index is 2.42. The molecule has 2 aromatic heterocycles. The topological polar surface area (TPSA) is 13.1 Å². The predicted octanol–water partition coefficient (Wildman–Crippen LogP) is 14.2. The number of hydrogen-bond donors (Lipinski definition) is 0. The number of fused-ring (bicyclic) bond motifs is 7. The van der Waals surface area contributed by atoms with E-state index in [4.69, 9.17) is 0 Å². The summed E-state index contributed by atoms with van der Waals surface area (Å²) in [6.45, 7) is 0. The van der Waals surface area contributed by atoms with Crippen LogP contribution < -0.4 is 4.90 Å². The molecule has 55 heavy (non-hydrogen) atoms. The minimum absolute atomic E-state index is 1.10. The van der Waals surface area contributed by atoms with E-state index in [1.54, 1.807) is 0 Å². The average molecular weight is 702 g/mol. The Hall–Kier alpha value is -7.36. The molecule has 0 radical (unpaired) electrons. The van der Waals surface area contributed by atoms with Gasteiger partial charge in [-0.15, -0.1) is 0 Å². The number of para-hydroxylation sites is 4. The Bertz CT molecular complexity index is 3180. The zero-order chi connectivity index (χ0) is 36.3. The smallest absolute Gasteiger partial charge is 0.0561 e. The van der Waals surface area contributed by atoms with Crippen LogP contribution in [0.3, 0.4) is 0 Å². The number of rotatable bonds is 6. The van der Waals surface area contributed by atoms with Crippen LogP contribution in [-0.2, 0) is 0 Å². The van der Waals surface area contributed by atoms with Crippen LogP contribution in [0.15, 0.2) is 212 Å². The van der Waals surface area contributed by atoms with Crippen molar-refractivity contribution in [3.8, 4) is 22.5 Å². The van der Waals surface area contributed by atoms with Crippen molar-refractivity contribution in [2.45, 2.75) is 0 Å². The summed E-state index contributed by atoms with van der Waals surface area (Å²) in [7, 11) is 0. The number of anilines is 3. The maximum Gasteiger partial charge on any atom is 0.0561 e. The summed E-state index contributed by atoms with van der Waals surface area (Å²) in [6, 6.07) is 76.8. The fraction of sp³-hybridized carbons (Fsp3) is 0. The monoisotopic (exact) mass is 701 g/mol. The van der Waals surface area contributed by atoms with Crippen molar-refractivity contribution in [1.29, 1.82) is 0 Å². The van der Waals surface area contributed by atoms with Gasteiger partial charge >= 0.3 is 0 Å². The molecule has 0 aliphatic rings. The molecule has 0 saturated carbocycles. The highest BCUT2D eigenvalue weighted by Gasteiger charge is 2.19. The SMILES string of the molecule is c1ccc(N(c2ccc(-c3ccc4c(c3)c3ccccc3n4-c3cccc4ccccc34)cc2)c2ccc3c4ccccc4n(-c4ccccc4)c3c2)cc1. The van der Waals surface area contributed by atoms with E-state index in [2.05, 4.69) is 226 Å². The Morgan fingerprint density at radius 1 is 0.291 bits per heavy atom. The van der Waals surface area contributed by atoms with Gasteiger partial charge in [-0.25, -0.2) is 0 Å². The molecule has 0 saturated heterocycles. The lowest BCUT2D eigenvalue weighted by atomic mass is 10.0. The Morgan fingerprint density at radius 3 is 1.62 bits per heavy atom. The molecule has 0 fully saturated rings. The zero-order valence-corrected chi connectivity index (χ0v) is 30.0. The highest BCUT2D eigenvalue weighted by molar-refractivity contribution is 6.12. The number of hydrogen-bond acceptors (Lipinski definition) is 1. The van der Waals surface area contributed by atoms with Crippen LogP contribution in [-0.4, -0.2) is 9.13 Å². The molecule has 3 nitrogen and oxygen atoms in total. The van der Waals surface area contributed by atoms with Gasteiger partial charge in [-0.1, -0.05) is 133 Å². The quantitative estimate of drug-likeness (QED) is 0.168. The third-order valence-electron chi connectivity index (χ3n) is 11.1. The number of aromatic nitrogens is 2. The van der Waals surface area contributed by atoms with Crippen LogP contribution in [0.5, 0.6) is 0 Å². The highest BCUT2D eigenvalue weighted by atomic mass is 15.1.